The first kappa shape index (κ1) is 17.5. The van der Waals surface area contributed by atoms with Crippen LogP contribution in [-0.2, 0) is 6.18 Å². The van der Waals surface area contributed by atoms with E-state index in [2.05, 4.69) is 15.3 Å². The Balaban J connectivity index is 1.96. The molecule has 0 saturated heterocycles. The van der Waals surface area contributed by atoms with Crippen LogP contribution < -0.4 is 14.8 Å². The van der Waals surface area contributed by atoms with Crippen LogP contribution in [0.1, 0.15) is 5.56 Å². The van der Waals surface area contributed by atoms with Crippen LogP contribution in [0.25, 0.3) is 0 Å². The maximum absolute atomic E-state index is 13.2. The highest BCUT2D eigenvalue weighted by atomic mass is 19.4. The molecule has 0 atom stereocenters. The van der Waals surface area contributed by atoms with E-state index in [-0.39, 0.29) is 11.7 Å². The molecule has 0 saturated carbocycles. The van der Waals surface area contributed by atoms with E-state index in [0.29, 0.717) is 17.6 Å². The van der Waals surface area contributed by atoms with Crippen molar-refractivity contribution in [3.05, 3.63) is 66.4 Å². The van der Waals surface area contributed by atoms with Gasteiger partial charge in [-0.2, -0.15) is 18.2 Å². The van der Waals surface area contributed by atoms with Crippen LogP contribution in [0.2, 0.25) is 0 Å². The Morgan fingerprint density at radius 3 is 2.35 bits per heavy atom. The van der Waals surface area contributed by atoms with E-state index in [1.165, 1.54) is 19.2 Å². The molecule has 1 aromatic heterocycles. The fraction of sp³-hybridized carbons (Fsp3) is 0.111. The maximum Gasteiger partial charge on any atom is 0.423 e. The van der Waals surface area contributed by atoms with Crippen molar-refractivity contribution in [2.75, 3.05) is 12.4 Å². The molecule has 0 radical (unpaired) electrons. The zero-order chi connectivity index (χ0) is 18.6. The number of nitrogens with one attached hydrogen (secondary N) is 1. The molecule has 1 N–H and O–H groups in total. The monoisotopic (exact) mass is 361 g/mol. The van der Waals surface area contributed by atoms with Crippen LogP contribution in [0.5, 0.6) is 17.4 Å². The Kier molecular flexibility index (Phi) is 4.92. The van der Waals surface area contributed by atoms with Gasteiger partial charge >= 0.3 is 6.18 Å². The number of alkyl halides is 3. The molecular formula is C18H14F3N3O2. The third-order valence-electron chi connectivity index (χ3n) is 3.37. The molecular weight excluding hydrogens is 347 g/mol. The van der Waals surface area contributed by atoms with Gasteiger partial charge in [0.15, 0.2) is 0 Å². The van der Waals surface area contributed by atoms with Crippen molar-refractivity contribution in [1.29, 1.82) is 0 Å². The third kappa shape index (κ3) is 4.02. The van der Waals surface area contributed by atoms with E-state index < -0.39 is 17.6 Å². The number of anilines is 2. The van der Waals surface area contributed by atoms with Gasteiger partial charge in [-0.25, -0.2) is 4.98 Å². The van der Waals surface area contributed by atoms with Gasteiger partial charge in [0.1, 0.15) is 17.1 Å². The standard InChI is InChI=1S/C18H14F3N3O2/c1-25-15-10-6-5-9-14(15)23-17-22-11-13(18(19,20)21)16(24-17)26-12-7-3-2-4-8-12/h2-11H,1H3,(H,22,23,24). The summed E-state index contributed by atoms with van der Waals surface area (Å²) in [5.41, 5.74) is -0.549. The van der Waals surface area contributed by atoms with Crippen molar-refractivity contribution in [3.8, 4) is 17.4 Å². The van der Waals surface area contributed by atoms with Crippen molar-refractivity contribution in [2.45, 2.75) is 6.18 Å². The number of aromatic nitrogens is 2. The predicted octanol–water partition coefficient (Wildman–Crippen LogP) is 5.04. The fourth-order valence-electron chi connectivity index (χ4n) is 2.17. The highest BCUT2D eigenvalue weighted by molar-refractivity contribution is 5.62. The number of benzene rings is 2. The molecule has 0 aliphatic carbocycles. The van der Waals surface area contributed by atoms with Gasteiger partial charge in [0.25, 0.3) is 0 Å². The largest absolute Gasteiger partial charge is 0.495 e. The van der Waals surface area contributed by atoms with Gasteiger partial charge < -0.3 is 14.8 Å². The quantitative estimate of drug-likeness (QED) is 0.690. The lowest BCUT2D eigenvalue weighted by Gasteiger charge is -2.14. The van der Waals surface area contributed by atoms with Crippen LogP contribution in [0.4, 0.5) is 24.8 Å². The number of methoxy groups -OCH3 is 1. The molecule has 0 bridgehead atoms. The van der Waals surface area contributed by atoms with Gasteiger partial charge in [-0.3, -0.25) is 0 Å². The molecule has 0 fully saturated rings. The molecule has 3 rings (SSSR count). The van der Waals surface area contributed by atoms with Crippen LogP contribution >= 0.6 is 0 Å². The zero-order valence-corrected chi connectivity index (χ0v) is 13.6. The summed E-state index contributed by atoms with van der Waals surface area (Å²) in [4.78, 5) is 7.63. The fourth-order valence-corrected chi connectivity index (χ4v) is 2.17. The minimum atomic E-state index is -4.65. The van der Waals surface area contributed by atoms with Crippen LogP contribution in [-0.4, -0.2) is 17.1 Å². The Hall–Kier alpha value is -3.29. The molecule has 26 heavy (non-hydrogen) atoms. The molecule has 0 amide bonds. The summed E-state index contributed by atoms with van der Waals surface area (Å²) >= 11 is 0. The molecule has 8 heteroatoms. The second-order valence-electron chi connectivity index (χ2n) is 5.15. The summed E-state index contributed by atoms with van der Waals surface area (Å²) in [6.07, 6.45) is -3.96. The minimum absolute atomic E-state index is 0.0477. The highest BCUT2D eigenvalue weighted by Gasteiger charge is 2.36. The second-order valence-corrected chi connectivity index (χ2v) is 5.15. The van der Waals surface area contributed by atoms with E-state index in [4.69, 9.17) is 9.47 Å². The Morgan fingerprint density at radius 1 is 0.962 bits per heavy atom. The number of rotatable bonds is 5. The minimum Gasteiger partial charge on any atom is -0.495 e. The average Bonchev–Trinajstić information content (AvgIpc) is 2.62. The average molecular weight is 361 g/mol. The van der Waals surface area contributed by atoms with Crippen LogP contribution in [0.3, 0.4) is 0 Å². The van der Waals surface area contributed by atoms with Gasteiger partial charge in [0, 0.05) is 6.20 Å². The lowest BCUT2D eigenvalue weighted by atomic mass is 10.3. The first-order chi connectivity index (χ1) is 12.5. The van der Waals surface area contributed by atoms with E-state index in [1.54, 1.807) is 42.5 Å². The van der Waals surface area contributed by atoms with Crippen molar-refractivity contribution >= 4 is 11.6 Å². The second kappa shape index (κ2) is 7.30. The molecule has 2 aromatic carbocycles. The topological polar surface area (TPSA) is 56.3 Å². The normalized spacial score (nSPS) is 11.1. The first-order valence-electron chi connectivity index (χ1n) is 7.54. The molecule has 0 aliphatic rings. The third-order valence-corrected chi connectivity index (χ3v) is 3.37. The maximum atomic E-state index is 13.2. The number of hydrogen-bond acceptors (Lipinski definition) is 5. The van der Waals surface area contributed by atoms with E-state index in [9.17, 15) is 13.2 Å². The lowest BCUT2D eigenvalue weighted by molar-refractivity contribution is -0.139. The van der Waals surface area contributed by atoms with Crippen molar-refractivity contribution in [2.24, 2.45) is 0 Å². The van der Waals surface area contributed by atoms with E-state index >= 15 is 0 Å². The molecule has 5 nitrogen and oxygen atoms in total. The van der Waals surface area contributed by atoms with Crippen molar-refractivity contribution < 1.29 is 22.6 Å². The van der Waals surface area contributed by atoms with Crippen LogP contribution in [0.15, 0.2) is 60.8 Å². The summed E-state index contributed by atoms with van der Waals surface area (Å²) in [5.74, 6) is 0.103. The summed E-state index contributed by atoms with van der Waals surface area (Å²) in [6.45, 7) is 0. The number of nitrogens with zero attached hydrogens (tertiary/aromatic N) is 2. The molecule has 3 aromatic rings. The molecule has 0 aliphatic heterocycles. The van der Waals surface area contributed by atoms with Crippen LogP contribution in [0, 0.1) is 0 Å². The molecule has 134 valence electrons. The zero-order valence-electron chi connectivity index (χ0n) is 13.6. The SMILES string of the molecule is COc1ccccc1Nc1ncc(C(F)(F)F)c(Oc2ccccc2)n1. The van der Waals surface area contributed by atoms with Crippen molar-refractivity contribution in [1.82, 2.24) is 9.97 Å². The lowest BCUT2D eigenvalue weighted by Crippen LogP contribution is -2.11. The Morgan fingerprint density at radius 2 is 1.65 bits per heavy atom. The number of para-hydroxylation sites is 3. The summed E-state index contributed by atoms with van der Waals surface area (Å²) in [6, 6.07) is 15.0. The van der Waals surface area contributed by atoms with Gasteiger partial charge in [0.2, 0.25) is 11.8 Å². The number of ether oxygens (including phenoxy) is 2. The first-order valence-corrected chi connectivity index (χ1v) is 7.54. The number of halogens is 3. The Labute approximate surface area is 147 Å². The van der Waals surface area contributed by atoms with E-state index in [1.807, 2.05) is 0 Å². The summed E-state index contributed by atoms with van der Waals surface area (Å²) in [7, 11) is 1.48. The van der Waals surface area contributed by atoms with Gasteiger partial charge in [0.05, 0.1) is 12.8 Å². The number of hydrogen-bond donors (Lipinski definition) is 1. The molecule has 0 unspecified atom stereocenters. The highest BCUT2D eigenvalue weighted by Crippen LogP contribution is 2.37. The predicted molar refractivity (Wildman–Crippen MR) is 89.8 cm³/mol. The smallest absolute Gasteiger partial charge is 0.423 e. The summed E-state index contributed by atoms with van der Waals surface area (Å²) in [5, 5.41) is 2.83. The molecule has 1 heterocycles. The van der Waals surface area contributed by atoms with Gasteiger partial charge in [-0.15, -0.1) is 0 Å². The van der Waals surface area contributed by atoms with E-state index in [0.717, 1.165) is 0 Å². The Bertz CT molecular complexity index is 886. The van der Waals surface area contributed by atoms with Gasteiger partial charge in [-0.05, 0) is 24.3 Å². The van der Waals surface area contributed by atoms with Gasteiger partial charge in [-0.1, -0.05) is 30.3 Å². The van der Waals surface area contributed by atoms with Crippen molar-refractivity contribution in [3.63, 3.8) is 0 Å². The molecule has 0 spiro atoms. The summed E-state index contributed by atoms with van der Waals surface area (Å²) < 4.78 is 50.2.